The molecule has 0 unspecified atom stereocenters. The van der Waals surface area contributed by atoms with Gasteiger partial charge in [0.15, 0.2) is 0 Å². The number of aromatic nitrogens is 2. The third kappa shape index (κ3) is 4.91. The minimum Gasteiger partial charge on any atom is -0.444 e. The molecule has 1 heterocycles. The Balaban J connectivity index is 1.95. The number of nitrogens with zero attached hydrogens (tertiary/aromatic N) is 2. The summed E-state index contributed by atoms with van der Waals surface area (Å²) in [5, 5.41) is 6.36. The summed E-state index contributed by atoms with van der Waals surface area (Å²) in [4.78, 5) is 11.6. The molecular weight excluding hydrogens is 270 g/mol. The number of nitrogens with one attached hydrogen (secondary N) is 1. The number of amides is 1. The van der Waals surface area contributed by atoms with Crippen molar-refractivity contribution in [3.8, 4) is 0 Å². The van der Waals surface area contributed by atoms with Crippen molar-refractivity contribution in [3.63, 3.8) is 0 Å². The average Bonchev–Trinajstić information content (AvgIpc) is 2.77. The molecule has 2 aromatic rings. The molecule has 0 aliphatic heterocycles. The molecule has 1 amide bonds. The van der Waals surface area contributed by atoms with Crippen molar-refractivity contribution in [2.24, 2.45) is 0 Å². The molecule has 0 saturated heterocycles. The smallest absolute Gasteiger partial charge is 0.414 e. The monoisotopic (exact) mass is 290 g/mol. The first-order valence-electron chi connectivity index (χ1n) is 6.74. The van der Waals surface area contributed by atoms with E-state index in [0.717, 1.165) is 5.56 Å². The fraction of sp³-hybridized carbons (Fsp3) is 0.400. The summed E-state index contributed by atoms with van der Waals surface area (Å²) in [7, 11) is 0. The first kappa shape index (κ1) is 15.0. The van der Waals surface area contributed by atoms with Crippen molar-refractivity contribution in [1.29, 1.82) is 0 Å². The van der Waals surface area contributed by atoms with Crippen molar-refractivity contribution < 1.29 is 18.7 Å². The van der Waals surface area contributed by atoms with Gasteiger partial charge >= 0.3 is 12.0 Å². The Kier molecular flexibility index (Phi) is 4.26. The lowest BCUT2D eigenvalue weighted by Gasteiger charge is -2.18. The Morgan fingerprint density at radius 2 is 2.00 bits per heavy atom. The van der Waals surface area contributed by atoms with E-state index in [0.29, 0.717) is 6.54 Å². The van der Waals surface area contributed by atoms with Gasteiger partial charge in [-0.3, -0.25) is 9.84 Å². The highest BCUT2D eigenvalue weighted by Crippen LogP contribution is 2.10. The Morgan fingerprint density at radius 1 is 1.33 bits per heavy atom. The van der Waals surface area contributed by atoms with Crippen LogP contribution in [-0.2, 0) is 11.3 Å². The lowest BCUT2D eigenvalue weighted by Crippen LogP contribution is -2.35. The van der Waals surface area contributed by atoms with Gasteiger partial charge in [-0.05, 0) is 32.4 Å². The maximum Gasteiger partial charge on any atom is 0.414 e. The van der Waals surface area contributed by atoms with Crippen LogP contribution in [0.5, 0.6) is 0 Å². The quantitative estimate of drug-likeness (QED) is 0.882. The van der Waals surface area contributed by atoms with Crippen LogP contribution in [0, 0.1) is 6.92 Å². The highest BCUT2D eigenvalue weighted by atomic mass is 16.6. The van der Waals surface area contributed by atoms with Crippen LogP contribution in [0.1, 0.15) is 31.9 Å². The van der Waals surface area contributed by atoms with Gasteiger partial charge in [0.25, 0.3) is 6.20 Å². The summed E-state index contributed by atoms with van der Waals surface area (Å²) in [5.74, 6) is 0.247. The molecule has 0 aliphatic carbocycles. The topological polar surface area (TPSA) is 68.2 Å². The molecule has 0 saturated carbocycles. The van der Waals surface area contributed by atoms with Crippen molar-refractivity contribution in [2.45, 2.75) is 39.8 Å². The molecule has 6 heteroatoms. The van der Waals surface area contributed by atoms with E-state index >= 15 is 0 Å². The zero-order valence-corrected chi connectivity index (χ0v) is 12.7. The lowest BCUT2D eigenvalue weighted by atomic mass is 10.1. The standard InChI is InChI=1S/C15H19N3O3/c1-11-5-7-12(8-6-11)9-18-10-13(21-17-18)16-14(19)20-15(2,3)4/h5-8,10H,9H2,1-4H3/p+1. The summed E-state index contributed by atoms with van der Waals surface area (Å²) in [6.07, 6.45) is 1.05. The number of hydrogen-bond acceptors (Lipinski definition) is 4. The molecule has 1 aromatic carbocycles. The van der Waals surface area contributed by atoms with E-state index in [1.165, 1.54) is 5.56 Å². The molecule has 112 valence electrons. The van der Waals surface area contributed by atoms with Gasteiger partial charge < -0.3 is 4.74 Å². The largest absolute Gasteiger partial charge is 0.444 e. The number of ether oxygens (including phenoxy) is 1. The number of carbonyl (C=O) groups is 1. The van der Waals surface area contributed by atoms with E-state index in [-0.39, 0.29) is 5.88 Å². The van der Waals surface area contributed by atoms with Crippen LogP contribution in [0.2, 0.25) is 0 Å². The van der Waals surface area contributed by atoms with E-state index in [1.807, 2.05) is 31.2 Å². The van der Waals surface area contributed by atoms with Gasteiger partial charge in [-0.2, -0.15) is 0 Å². The fourth-order valence-corrected chi connectivity index (χ4v) is 1.69. The number of hydrogen-bond donors (Lipinski definition) is 1. The Morgan fingerprint density at radius 3 is 2.62 bits per heavy atom. The summed E-state index contributed by atoms with van der Waals surface area (Å²) in [6.45, 7) is 8.00. The molecule has 0 spiro atoms. The summed E-state index contributed by atoms with van der Waals surface area (Å²) in [5.41, 5.74) is 1.75. The molecule has 0 aliphatic rings. The maximum absolute atomic E-state index is 11.6. The second kappa shape index (κ2) is 5.95. The molecule has 2 rings (SSSR count). The summed E-state index contributed by atoms with van der Waals surface area (Å²) >= 11 is 0. The SMILES string of the molecule is Cc1ccc(C[n+]2cc(NC(=O)OC(C)(C)C)on2)cc1. The van der Waals surface area contributed by atoms with Crippen LogP contribution in [0.3, 0.4) is 0 Å². The van der Waals surface area contributed by atoms with E-state index in [1.54, 1.807) is 31.6 Å². The number of aryl methyl sites for hydroxylation is 1. The Labute approximate surface area is 123 Å². The molecule has 0 bridgehead atoms. The third-order valence-corrected chi connectivity index (χ3v) is 2.60. The normalized spacial score (nSPS) is 11.2. The predicted molar refractivity (Wildman–Crippen MR) is 76.8 cm³/mol. The number of benzene rings is 1. The number of anilines is 1. The highest BCUT2D eigenvalue weighted by molar-refractivity contribution is 5.82. The average molecular weight is 290 g/mol. The Hall–Kier alpha value is -2.37. The first-order valence-corrected chi connectivity index (χ1v) is 6.74. The highest BCUT2D eigenvalue weighted by Gasteiger charge is 2.20. The number of rotatable bonds is 3. The molecule has 1 aromatic heterocycles. The van der Waals surface area contributed by atoms with Crippen LogP contribution in [0.4, 0.5) is 10.7 Å². The van der Waals surface area contributed by atoms with Gasteiger partial charge in [0, 0.05) is 5.56 Å². The predicted octanol–water partition coefficient (Wildman–Crippen LogP) is 2.67. The van der Waals surface area contributed by atoms with Crippen LogP contribution in [0.15, 0.2) is 35.0 Å². The number of carbonyl (C=O) groups excluding carboxylic acids is 1. The molecule has 0 atom stereocenters. The first-order chi connectivity index (χ1) is 9.82. The minimum absolute atomic E-state index is 0.247. The molecule has 1 N–H and O–H groups in total. The van der Waals surface area contributed by atoms with Crippen LogP contribution in [-0.4, -0.2) is 17.0 Å². The molecule has 21 heavy (non-hydrogen) atoms. The minimum atomic E-state index is -0.568. The van der Waals surface area contributed by atoms with E-state index < -0.39 is 11.7 Å². The second-order valence-corrected chi connectivity index (χ2v) is 5.88. The third-order valence-electron chi connectivity index (χ3n) is 2.60. The Bertz CT molecular complexity index is 612. The van der Waals surface area contributed by atoms with E-state index in [4.69, 9.17) is 9.26 Å². The summed E-state index contributed by atoms with van der Waals surface area (Å²) in [6, 6.07) is 8.13. The summed E-state index contributed by atoms with van der Waals surface area (Å²) < 4.78 is 11.8. The van der Waals surface area contributed by atoms with E-state index in [2.05, 4.69) is 10.6 Å². The molecule has 6 nitrogen and oxygen atoms in total. The zero-order valence-electron chi connectivity index (χ0n) is 12.7. The molecule has 0 radical (unpaired) electrons. The van der Waals surface area contributed by atoms with Gasteiger partial charge in [-0.15, -0.1) is 0 Å². The lowest BCUT2D eigenvalue weighted by molar-refractivity contribution is -0.754. The molecular formula is C15H20N3O3+. The van der Waals surface area contributed by atoms with Crippen molar-refractivity contribution in [1.82, 2.24) is 5.27 Å². The van der Waals surface area contributed by atoms with Crippen LogP contribution >= 0.6 is 0 Å². The van der Waals surface area contributed by atoms with Crippen molar-refractivity contribution >= 4 is 12.0 Å². The molecule has 0 fully saturated rings. The van der Waals surface area contributed by atoms with Gasteiger partial charge in [0.2, 0.25) is 11.8 Å². The van der Waals surface area contributed by atoms with Gasteiger partial charge in [0.1, 0.15) is 5.60 Å². The fourth-order valence-electron chi connectivity index (χ4n) is 1.69. The zero-order chi connectivity index (χ0) is 15.5. The van der Waals surface area contributed by atoms with Gasteiger partial charge in [-0.1, -0.05) is 29.8 Å². The van der Waals surface area contributed by atoms with E-state index in [9.17, 15) is 4.79 Å². The second-order valence-electron chi connectivity index (χ2n) is 5.88. The van der Waals surface area contributed by atoms with Crippen molar-refractivity contribution in [3.05, 3.63) is 41.6 Å². The van der Waals surface area contributed by atoms with Gasteiger partial charge in [0.05, 0.1) is 0 Å². The maximum atomic E-state index is 11.6. The van der Waals surface area contributed by atoms with Crippen LogP contribution < -0.4 is 10.00 Å². The van der Waals surface area contributed by atoms with Gasteiger partial charge in [-0.25, -0.2) is 4.79 Å². The van der Waals surface area contributed by atoms with Crippen molar-refractivity contribution in [2.75, 3.05) is 5.32 Å². The van der Waals surface area contributed by atoms with Crippen LogP contribution in [0.25, 0.3) is 0 Å².